The van der Waals surface area contributed by atoms with Crippen molar-refractivity contribution in [3.8, 4) is 0 Å². The molecule has 27 heavy (non-hydrogen) atoms. The van der Waals surface area contributed by atoms with E-state index >= 15 is 0 Å². The second kappa shape index (κ2) is 9.62. The number of hydrogen-bond acceptors (Lipinski definition) is 5. The van der Waals surface area contributed by atoms with Gasteiger partial charge in [-0.3, -0.25) is 9.78 Å². The molecule has 6 nitrogen and oxygen atoms in total. The fourth-order valence-corrected chi connectivity index (χ4v) is 4.15. The molecule has 0 aliphatic heterocycles. The number of carbonyl (C=O) groups is 1. The van der Waals surface area contributed by atoms with E-state index in [9.17, 15) is 15.0 Å². The predicted octanol–water partition coefficient (Wildman–Crippen LogP) is 1.54. The maximum Gasteiger partial charge on any atom is 0.237 e. The molecule has 2 saturated carbocycles. The number of nitrogens with two attached hydrogens (primary N) is 1. The van der Waals surface area contributed by atoms with Crippen molar-refractivity contribution in [2.24, 2.45) is 17.6 Å². The second-order valence-electron chi connectivity index (χ2n) is 8.31. The molecule has 4 unspecified atom stereocenters. The van der Waals surface area contributed by atoms with Crippen LogP contribution in [0.15, 0.2) is 24.4 Å². The number of aliphatic hydroxyl groups is 2. The van der Waals surface area contributed by atoms with Gasteiger partial charge in [-0.15, -0.1) is 0 Å². The zero-order valence-corrected chi connectivity index (χ0v) is 16.0. The van der Waals surface area contributed by atoms with Gasteiger partial charge in [-0.1, -0.05) is 38.2 Å². The van der Waals surface area contributed by atoms with E-state index in [1.807, 2.05) is 18.2 Å². The molecule has 2 aliphatic carbocycles. The molecule has 6 heteroatoms. The van der Waals surface area contributed by atoms with E-state index in [2.05, 4.69) is 10.3 Å². The Balaban J connectivity index is 1.60. The number of pyridine rings is 1. The quantitative estimate of drug-likeness (QED) is 0.523. The molecule has 0 radical (unpaired) electrons. The second-order valence-corrected chi connectivity index (χ2v) is 8.31. The van der Waals surface area contributed by atoms with E-state index in [-0.39, 0.29) is 11.8 Å². The van der Waals surface area contributed by atoms with E-state index in [0.29, 0.717) is 18.8 Å². The Kier molecular flexibility index (Phi) is 7.21. The van der Waals surface area contributed by atoms with Crippen molar-refractivity contribution in [3.05, 3.63) is 30.1 Å². The van der Waals surface area contributed by atoms with Crippen molar-refractivity contribution in [2.75, 3.05) is 0 Å². The van der Waals surface area contributed by atoms with Crippen LogP contribution in [0, 0.1) is 11.8 Å². The minimum Gasteiger partial charge on any atom is -0.390 e. The van der Waals surface area contributed by atoms with Crippen LogP contribution in [0.25, 0.3) is 0 Å². The summed E-state index contributed by atoms with van der Waals surface area (Å²) in [5.41, 5.74) is 6.85. The van der Waals surface area contributed by atoms with Gasteiger partial charge in [0.05, 0.1) is 18.2 Å². The molecular formula is C21H33N3O3. The molecule has 2 aliphatic rings. The third kappa shape index (κ3) is 5.99. The molecule has 2 fully saturated rings. The lowest BCUT2D eigenvalue weighted by Crippen LogP contribution is -2.54. The van der Waals surface area contributed by atoms with Crippen molar-refractivity contribution < 1.29 is 15.0 Å². The highest BCUT2D eigenvalue weighted by molar-refractivity contribution is 5.82. The van der Waals surface area contributed by atoms with Crippen LogP contribution in [0.4, 0.5) is 0 Å². The lowest BCUT2D eigenvalue weighted by molar-refractivity contribution is -0.125. The lowest BCUT2D eigenvalue weighted by atomic mass is 9.82. The molecule has 5 N–H and O–H groups in total. The van der Waals surface area contributed by atoms with Gasteiger partial charge in [0.25, 0.3) is 0 Å². The van der Waals surface area contributed by atoms with Crippen LogP contribution in [0.5, 0.6) is 0 Å². The zero-order valence-electron chi connectivity index (χ0n) is 16.0. The van der Waals surface area contributed by atoms with Crippen molar-refractivity contribution >= 4 is 5.91 Å². The normalized spacial score (nSPS) is 22.6. The monoisotopic (exact) mass is 375 g/mol. The third-order valence-electron chi connectivity index (χ3n) is 6.00. The van der Waals surface area contributed by atoms with Gasteiger partial charge in [-0.25, -0.2) is 0 Å². The zero-order chi connectivity index (χ0) is 19.2. The fourth-order valence-electron chi connectivity index (χ4n) is 4.15. The molecule has 1 aromatic heterocycles. The summed E-state index contributed by atoms with van der Waals surface area (Å²) in [4.78, 5) is 16.9. The Hall–Kier alpha value is -1.50. The number of amides is 1. The molecule has 1 aromatic rings. The highest BCUT2D eigenvalue weighted by atomic mass is 16.3. The SMILES string of the molecule is NC(Cc1ccccn1)C(=O)NC(CC1CCCCC1)C(O)C(O)C1CC1. The van der Waals surface area contributed by atoms with Crippen molar-refractivity contribution in [2.45, 2.75) is 82.1 Å². The summed E-state index contributed by atoms with van der Waals surface area (Å²) in [5.74, 6) is 0.355. The van der Waals surface area contributed by atoms with Crippen molar-refractivity contribution in [1.29, 1.82) is 0 Å². The van der Waals surface area contributed by atoms with Gasteiger partial charge in [0, 0.05) is 18.3 Å². The Bertz CT molecular complexity index is 588. The number of carbonyl (C=O) groups excluding carboxylic acids is 1. The maximum absolute atomic E-state index is 12.7. The van der Waals surface area contributed by atoms with E-state index in [4.69, 9.17) is 5.73 Å². The van der Waals surface area contributed by atoms with Crippen LogP contribution in [0.3, 0.4) is 0 Å². The van der Waals surface area contributed by atoms with Crippen LogP contribution < -0.4 is 11.1 Å². The molecule has 0 saturated heterocycles. The van der Waals surface area contributed by atoms with Gasteiger partial charge < -0.3 is 21.3 Å². The first-order valence-corrected chi connectivity index (χ1v) is 10.4. The molecule has 0 spiro atoms. The van der Waals surface area contributed by atoms with Crippen LogP contribution in [-0.2, 0) is 11.2 Å². The summed E-state index contributed by atoms with van der Waals surface area (Å²) in [5, 5.41) is 24.1. The Morgan fingerprint density at radius 3 is 2.56 bits per heavy atom. The number of aliphatic hydroxyl groups excluding tert-OH is 2. The van der Waals surface area contributed by atoms with E-state index < -0.39 is 24.3 Å². The number of nitrogens with one attached hydrogen (secondary N) is 1. The predicted molar refractivity (Wildman–Crippen MR) is 104 cm³/mol. The number of hydrogen-bond donors (Lipinski definition) is 4. The summed E-state index contributed by atoms with van der Waals surface area (Å²) in [7, 11) is 0. The van der Waals surface area contributed by atoms with Crippen molar-refractivity contribution in [1.82, 2.24) is 10.3 Å². The molecule has 1 heterocycles. The highest BCUT2D eigenvalue weighted by Crippen LogP contribution is 2.36. The molecule has 3 rings (SSSR count). The Labute approximate surface area is 161 Å². The molecule has 1 amide bonds. The van der Waals surface area contributed by atoms with Crippen LogP contribution in [0.2, 0.25) is 0 Å². The first-order chi connectivity index (χ1) is 13.0. The fraction of sp³-hybridized carbons (Fsp3) is 0.714. The minimum atomic E-state index is -0.939. The average molecular weight is 376 g/mol. The average Bonchev–Trinajstić information content (AvgIpc) is 3.53. The maximum atomic E-state index is 12.7. The lowest BCUT2D eigenvalue weighted by Gasteiger charge is -2.33. The summed E-state index contributed by atoms with van der Waals surface area (Å²) in [6, 6.07) is 4.36. The van der Waals surface area contributed by atoms with Crippen LogP contribution >= 0.6 is 0 Å². The topological polar surface area (TPSA) is 108 Å². The number of rotatable bonds is 9. The summed E-state index contributed by atoms with van der Waals surface area (Å²) in [6.07, 6.45) is 8.82. The molecule has 150 valence electrons. The van der Waals surface area contributed by atoms with Crippen molar-refractivity contribution in [3.63, 3.8) is 0 Å². The van der Waals surface area contributed by atoms with Gasteiger partial charge in [-0.05, 0) is 43.2 Å². The standard InChI is InChI=1S/C21H33N3O3/c22-17(13-16-8-4-5-11-23-16)21(27)24-18(12-14-6-2-1-3-7-14)20(26)19(25)15-9-10-15/h4-5,8,11,14-15,17-20,25-26H,1-3,6-7,9-10,12-13,22H2,(H,24,27). The minimum absolute atomic E-state index is 0.160. The van der Waals surface area contributed by atoms with E-state index in [1.54, 1.807) is 6.20 Å². The number of aromatic nitrogens is 1. The Morgan fingerprint density at radius 2 is 1.93 bits per heavy atom. The van der Waals surface area contributed by atoms with Crippen LogP contribution in [-0.4, -0.2) is 45.4 Å². The van der Waals surface area contributed by atoms with Gasteiger partial charge in [0.15, 0.2) is 0 Å². The van der Waals surface area contributed by atoms with Crippen LogP contribution in [0.1, 0.15) is 57.1 Å². The first-order valence-electron chi connectivity index (χ1n) is 10.4. The van der Waals surface area contributed by atoms with E-state index in [1.165, 1.54) is 19.3 Å². The van der Waals surface area contributed by atoms with Gasteiger partial charge in [0.2, 0.25) is 5.91 Å². The molecule has 4 atom stereocenters. The summed E-state index contributed by atoms with van der Waals surface area (Å²) in [6.45, 7) is 0. The smallest absolute Gasteiger partial charge is 0.237 e. The molecular weight excluding hydrogens is 342 g/mol. The summed E-state index contributed by atoms with van der Waals surface area (Å²) < 4.78 is 0. The van der Waals surface area contributed by atoms with Gasteiger partial charge >= 0.3 is 0 Å². The van der Waals surface area contributed by atoms with E-state index in [0.717, 1.165) is 31.4 Å². The molecule has 0 aromatic carbocycles. The van der Waals surface area contributed by atoms with Gasteiger partial charge in [-0.2, -0.15) is 0 Å². The third-order valence-corrected chi connectivity index (χ3v) is 6.00. The Morgan fingerprint density at radius 1 is 1.19 bits per heavy atom. The summed E-state index contributed by atoms with van der Waals surface area (Å²) >= 11 is 0. The number of nitrogens with zero attached hydrogens (tertiary/aromatic N) is 1. The molecule has 0 bridgehead atoms. The first kappa shape index (κ1) is 20.2. The largest absolute Gasteiger partial charge is 0.390 e. The highest BCUT2D eigenvalue weighted by Gasteiger charge is 2.39. The van der Waals surface area contributed by atoms with Gasteiger partial charge in [0.1, 0.15) is 6.10 Å².